The molecule has 0 aliphatic carbocycles. The summed E-state index contributed by atoms with van der Waals surface area (Å²) >= 11 is 0. The third kappa shape index (κ3) is 1.88. The Bertz CT molecular complexity index is 540. The van der Waals surface area contributed by atoms with E-state index in [-0.39, 0.29) is 12.3 Å². The monoisotopic (exact) mass is 218 g/mol. The van der Waals surface area contributed by atoms with Gasteiger partial charge in [0.1, 0.15) is 5.75 Å². The Morgan fingerprint density at radius 3 is 2.88 bits per heavy atom. The summed E-state index contributed by atoms with van der Waals surface area (Å²) in [7, 11) is 0. The minimum absolute atomic E-state index is 0.163. The van der Waals surface area contributed by atoms with Gasteiger partial charge in [-0.2, -0.15) is 0 Å². The second-order valence-electron chi connectivity index (χ2n) is 3.32. The van der Waals surface area contributed by atoms with Gasteiger partial charge in [0.25, 0.3) is 0 Å². The molecule has 5 nitrogen and oxygen atoms in total. The molecule has 1 heterocycles. The number of nitrogens with zero attached hydrogens (tertiary/aromatic N) is 1. The Morgan fingerprint density at radius 1 is 1.31 bits per heavy atom. The van der Waals surface area contributed by atoms with E-state index in [1.165, 1.54) is 0 Å². The van der Waals surface area contributed by atoms with E-state index in [1.807, 2.05) is 0 Å². The number of hydrogen-bond acceptors (Lipinski definition) is 3. The molecular weight excluding hydrogens is 208 g/mol. The van der Waals surface area contributed by atoms with Crippen LogP contribution >= 0.6 is 0 Å². The molecule has 1 aromatic heterocycles. The zero-order valence-corrected chi connectivity index (χ0v) is 8.34. The highest BCUT2D eigenvalue weighted by Crippen LogP contribution is 2.26. The van der Waals surface area contributed by atoms with E-state index < -0.39 is 6.09 Å². The van der Waals surface area contributed by atoms with Crippen molar-refractivity contribution in [2.45, 2.75) is 6.54 Å². The third-order valence-corrected chi connectivity index (χ3v) is 2.32. The van der Waals surface area contributed by atoms with Gasteiger partial charge in [-0.25, -0.2) is 4.79 Å². The summed E-state index contributed by atoms with van der Waals surface area (Å²) in [6.45, 7) is 0.192. The second-order valence-corrected chi connectivity index (χ2v) is 3.32. The maximum absolute atomic E-state index is 10.4. The van der Waals surface area contributed by atoms with Crippen molar-refractivity contribution < 1.29 is 15.0 Å². The first-order chi connectivity index (χ1) is 7.68. The van der Waals surface area contributed by atoms with E-state index in [0.29, 0.717) is 5.39 Å². The van der Waals surface area contributed by atoms with Crippen LogP contribution in [0.3, 0.4) is 0 Å². The van der Waals surface area contributed by atoms with Crippen molar-refractivity contribution in [3.05, 3.63) is 36.2 Å². The molecule has 0 radical (unpaired) electrons. The summed E-state index contributed by atoms with van der Waals surface area (Å²) in [6.07, 6.45) is 2.11. The van der Waals surface area contributed by atoms with Crippen LogP contribution in [0.4, 0.5) is 4.79 Å². The molecule has 0 bridgehead atoms. The fourth-order valence-electron chi connectivity index (χ4n) is 1.56. The van der Waals surface area contributed by atoms with Crippen molar-refractivity contribution in [1.29, 1.82) is 0 Å². The summed E-state index contributed by atoms with van der Waals surface area (Å²) in [5, 5.41) is 21.8. The van der Waals surface area contributed by atoms with Gasteiger partial charge in [0.05, 0.1) is 0 Å². The van der Waals surface area contributed by atoms with E-state index in [2.05, 4.69) is 10.3 Å². The molecule has 1 aromatic carbocycles. The van der Waals surface area contributed by atoms with Gasteiger partial charge >= 0.3 is 6.09 Å². The van der Waals surface area contributed by atoms with Gasteiger partial charge in [-0.1, -0.05) is 6.07 Å². The van der Waals surface area contributed by atoms with Crippen LogP contribution in [0.5, 0.6) is 5.75 Å². The number of hydrogen-bond donors (Lipinski definition) is 3. The molecule has 0 saturated carbocycles. The molecule has 0 spiro atoms. The number of pyridine rings is 1. The van der Waals surface area contributed by atoms with Crippen LogP contribution in [0.1, 0.15) is 5.56 Å². The van der Waals surface area contributed by atoms with Crippen LogP contribution in [-0.2, 0) is 6.54 Å². The first-order valence-electron chi connectivity index (χ1n) is 4.70. The van der Waals surface area contributed by atoms with E-state index in [1.54, 1.807) is 30.6 Å². The summed E-state index contributed by atoms with van der Waals surface area (Å²) < 4.78 is 0. The van der Waals surface area contributed by atoms with Gasteiger partial charge in [0.15, 0.2) is 0 Å². The van der Waals surface area contributed by atoms with Crippen LogP contribution in [0.25, 0.3) is 10.8 Å². The fourth-order valence-corrected chi connectivity index (χ4v) is 1.56. The number of carboxylic acid groups (broad SMARTS) is 1. The third-order valence-electron chi connectivity index (χ3n) is 2.32. The Labute approximate surface area is 91.4 Å². The molecular formula is C11H10N2O3. The summed E-state index contributed by atoms with van der Waals surface area (Å²) in [4.78, 5) is 14.4. The van der Waals surface area contributed by atoms with Gasteiger partial charge in [-0.05, 0) is 17.7 Å². The highest BCUT2D eigenvalue weighted by atomic mass is 16.4. The highest BCUT2D eigenvalue weighted by molar-refractivity contribution is 5.90. The zero-order valence-electron chi connectivity index (χ0n) is 8.34. The highest BCUT2D eigenvalue weighted by Gasteiger charge is 2.05. The first-order valence-corrected chi connectivity index (χ1v) is 4.70. The SMILES string of the molecule is O=C(O)NCc1ccc(O)c2ccncc12. The molecule has 3 N–H and O–H groups in total. The number of nitrogens with one attached hydrogen (secondary N) is 1. The number of carbonyl (C=O) groups is 1. The molecule has 0 unspecified atom stereocenters. The minimum Gasteiger partial charge on any atom is -0.507 e. The van der Waals surface area contributed by atoms with Crippen molar-refractivity contribution in [2.75, 3.05) is 0 Å². The minimum atomic E-state index is -1.08. The number of phenolic OH excluding ortho intramolecular Hbond substituents is 1. The van der Waals surface area contributed by atoms with Crippen molar-refractivity contribution in [1.82, 2.24) is 10.3 Å². The quantitative estimate of drug-likeness (QED) is 0.716. The summed E-state index contributed by atoms with van der Waals surface area (Å²) in [5.41, 5.74) is 0.781. The largest absolute Gasteiger partial charge is 0.507 e. The average Bonchev–Trinajstić information content (AvgIpc) is 2.28. The van der Waals surface area contributed by atoms with Crippen molar-refractivity contribution in [2.24, 2.45) is 0 Å². The molecule has 16 heavy (non-hydrogen) atoms. The lowest BCUT2D eigenvalue weighted by atomic mass is 10.1. The molecule has 5 heteroatoms. The maximum atomic E-state index is 10.4. The Morgan fingerprint density at radius 2 is 2.12 bits per heavy atom. The topological polar surface area (TPSA) is 82.5 Å². The molecule has 0 atom stereocenters. The molecule has 0 aliphatic heterocycles. The van der Waals surface area contributed by atoms with Crippen LogP contribution in [0.2, 0.25) is 0 Å². The van der Waals surface area contributed by atoms with Gasteiger partial charge in [-0.3, -0.25) is 4.98 Å². The average molecular weight is 218 g/mol. The predicted octanol–water partition coefficient (Wildman–Crippen LogP) is 1.71. The standard InChI is InChI=1S/C11H10N2O3/c14-10-2-1-7(5-13-11(15)16)9-6-12-4-3-8(9)10/h1-4,6,13-14H,5H2,(H,15,16). The van der Waals surface area contributed by atoms with Crippen molar-refractivity contribution >= 4 is 16.9 Å². The van der Waals surface area contributed by atoms with Gasteiger partial charge in [0.2, 0.25) is 0 Å². The second kappa shape index (κ2) is 4.06. The summed E-state index contributed by atoms with van der Waals surface area (Å²) in [6, 6.07) is 4.91. The summed E-state index contributed by atoms with van der Waals surface area (Å²) in [5.74, 6) is 0.163. The lowest BCUT2D eigenvalue weighted by molar-refractivity contribution is 0.194. The lowest BCUT2D eigenvalue weighted by Crippen LogP contribution is -2.20. The van der Waals surface area contributed by atoms with E-state index in [0.717, 1.165) is 10.9 Å². The van der Waals surface area contributed by atoms with E-state index in [9.17, 15) is 9.90 Å². The number of amides is 1. The Kier molecular flexibility index (Phi) is 2.59. The molecule has 2 rings (SSSR count). The normalized spacial score (nSPS) is 10.2. The number of aromatic nitrogens is 1. The van der Waals surface area contributed by atoms with Gasteiger partial charge in [0, 0.05) is 29.7 Å². The van der Waals surface area contributed by atoms with Crippen LogP contribution < -0.4 is 5.32 Å². The Balaban J connectivity index is 2.46. The number of phenols is 1. The molecule has 82 valence electrons. The van der Waals surface area contributed by atoms with Gasteiger partial charge in [-0.15, -0.1) is 0 Å². The van der Waals surface area contributed by atoms with Gasteiger partial charge < -0.3 is 15.5 Å². The molecule has 0 aliphatic rings. The smallest absolute Gasteiger partial charge is 0.404 e. The molecule has 2 aromatic rings. The first kappa shape index (κ1) is 10.2. The molecule has 0 fully saturated rings. The predicted molar refractivity (Wildman–Crippen MR) is 58.3 cm³/mol. The van der Waals surface area contributed by atoms with Crippen LogP contribution in [0, 0.1) is 0 Å². The fraction of sp³-hybridized carbons (Fsp3) is 0.0909. The maximum Gasteiger partial charge on any atom is 0.404 e. The number of benzene rings is 1. The molecule has 1 amide bonds. The number of aromatic hydroxyl groups is 1. The van der Waals surface area contributed by atoms with Crippen molar-refractivity contribution in [3.63, 3.8) is 0 Å². The molecule has 0 saturated heterocycles. The van der Waals surface area contributed by atoms with Crippen LogP contribution in [-0.4, -0.2) is 21.3 Å². The Hall–Kier alpha value is -2.30. The zero-order chi connectivity index (χ0) is 11.5. The van der Waals surface area contributed by atoms with Crippen molar-refractivity contribution in [3.8, 4) is 5.75 Å². The number of fused-ring (bicyclic) bond motifs is 1. The van der Waals surface area contributed by atoms with E-state index >= 15 is 0 Å². The lowest BCUT2D eigenvalue weighted by Gasteiger charge is -2.07. The van der Waals surface area contributed by atoms with Crippen LogP contribution in [0.15, 0.2) is 30.6 Å². The van der Waals surface area contributed by atoms with E-state index in [4.69, 9.17) is 5.11 Å². The number of rotatable bonds is 2.